The molecule has 0 radical (unpaired) electrons. The number of ether oxygens (including phenoxy) is 1. The van der Waals surface area contributed by atoms with Crippen LogP contribution >= 0.6 is 11.6 Å². The summed E-state index contributed by atoms with van der Waals surface area (Å²) in [6.45, 7) is 4.04. The van der Waals surface area contributed by atoms with Crippen molar-refractivity contribution < 1.29 is 9.53 Å². The highest BCUT2D eigenvalue weighted by molar-refractivity contribution is 6.30. The van der Waals surface area contributed by atoms with Gasteiger partial charge in [-0.2, -0.15) is 5.10 Å². The molecule has 5 nitrogen and oxygen atoms in total. The first kappa shape index (κ1) is 18.7. The number of hydrazone groups is 1. The SMILES string of the molecule is COc1ccc(-n2c(C)cc(/C=N\NC(=O)c3ccc(Cl)cc3)c2C)cc1. The molecule has 0 aliphatic rings. The molecule has 1 amide bonds. The van der Waals surface area contributed by atoms with Gasteiger partial charge in [0.15, 0.2) is 0 Å². The lowest BCUT2D eigenvalue weighted by Crippen LogP contribution is -2.17. The number of aryl methyl sites for hydroxylation is 1. The maximum absolute atomic E-state index is 12.1. The molecule has 0 atom stereocenters. The first-order valence-corrected chi connectivity index (χ1v) is 8.79. The normalized spacial score (nSPS) is 11.0. The van der Waals surface area contributed by atoms with Crippen molar-refractivity contribution in [3.8, 4) is 11.4 Å². The van der Waals surface area contributed by atoms with Crippen molar-refractivity contribution >= 4 is 23.7 Å². The lowest BCUT2D eigenvalue weighted by molar-refractivity contribution is 0.0955. The molecule has 6 heteroatoms. The van der Waals surface area contributed by atoms with Crippen LogP contribution < -0.4 is 10.2 Å². The largest absolute Gasteiger partial charge is 0.497 e. The van der Waals surface area contributed by atoms with Crippen LogP contribution in [0.25, 0.3) is 5.69 Å². The first-order valence-electron chi connectivity index (χ1n) is 8.42. The van der Waals surface area contributed by atoms with Crippen molar-refractivity contribution in [3.05, 3.63) is 82.1 Å². The summed E-state index contributed by atoms with van der Waals surface area (Å²) in [6, 6.07) is 16.5. The van der Waals surface area contributed by atoms with Crippen LogP contribution in [0.2, 0.25) is 5.02 Å². The Morgan fingerprint density at radius 2 is 1.78 bits per heavy atom. The third kappa shape index (κ3) is 4.20. The number of halogens is 1. The van der Waals surface area contributed by atoms with E-state index in [2.05, 4.69) is 15.1 Å². The van der Waals surface area contributed by atoms with Crippen molar-refractivity contribution in [1.82, 2.24) is 9.99 Å². The molecule has 0 saturated heterocycles. The summed E-state index contributed by atoms with van der Waals surface area (Å²) in [5, 5.41) is 4.67. The van der Waals surface area contributed by atoms with E-state index in [0.717, 1.165) is 28.4 Å². The van der Waals surface area contributed by atoms with Gasteiger partial charge in [-0.3, -0.25) is 4.79 Å². The molecule has 2 aromatic carbocycles. The summed E-state index contributed by atoms with van der Waals surface area (Å²) < 4.78 is 7.34. The standard InChI is InChI=1S/C21H20ClN3O2/c1-14-12-17(13-23-24-21(26)16-4-6-18(22)7-5-16)15(2)25(14)19-8-10-20(27-3)11-9-19/h4-13H,1-3H3,(H,24,26)/b23-13-. The van der Waals surface area contributed by atoms with Crippen LogP contribution in [0.4, 0.5) is 0 Å². The molecular formula is C21H20ClN3O2. The van der Waals surface area contributed by atoms with Gasteiger partial charge < -0.3 is 9.30 Å². The minimum Gasteiger partial charge on any atom is -0.497 e. The third-order valence-electron chi connectivity index (χ3n) is 4.28. The van der Waals surface area contributed by atoms with Crippen molar-refractivity contribution in [2.45, 2.75) is 13.8 Å². The number of carbonyl (C=O) groups is 1. The van der Waals surface area contributed by atoms with E-state index < -0.39 is 0 Å². The van der Waals surface area contributed by atoms with E-state index in [1.54, 1.807) is 37.6 Å². The molecule has 0 unspecified atom stereocenters. The zero-order chi connectivity index (χ0) is 19.4. The Labute approximate surface area is 163 Å². The van der Waals surface area contributed by atoms with Crippen LogP contribution in [-0.4, -0.2) is 23.8 Å². The van der Waals surface area contributed by atoms with E-state index in [9.17, 15) is 4.79 Å². The van der Waals surface area contributed by atoms with Crippen LogP contribution in [0.3, 0.4) is 0 Å². The fraction of sp³-hybridized carbons (Fsp3) is 0.143. The van der Waals surface area contributed by atoms with Gasteiger partial charge >= 0.3 is 0 Å². The number of carbonyl (C=O) groups excluding carboxylic acids is 1. The number of methoxy groups -OCH3 is 1. The fourth-order valence-electron chi connectivity index (χ4n) is 2.87. The fourth-order valence-corrected chi connectivity index (χ4v) is 3.00. The number of nitrogens with one attached hydrogen (secondary N) is 1. The zero-order valence-electron chi connectivity index (χ0n) is 15.4. The van der Waals surface area contributed by atoms with Gasteiger partial charge in [0.05, 0.1) is 13.3 Å². The summed E-state index contributed by atoms with van der Waals surface area (Å²) in [6.07, 6.45) is 1.65. The predicted molar refractivity (Wildman–Crippen MR) is 108 cm³/mol. The number of benzene rings is 2. The Morgan fingerprint density at radius 1 is 1.11 bits per heavy atom. The zero-order valence-corrected chi connectivity index (χ0v) is 16.1. The van der Waals surface area contributed by atoms with Crippen LogP contribution in [0.5, 0.6) is 5.75 Å². The topological polar surface area (TPSA) is 55.6 Å². The highest BCUT2D eigenvalue weighted by Gasteiger charge is 2.10. The summed E-state index contributed by atoms with van der Waals surface area (Å²) in [7, 11) is 1.65. The second kappa shape index (κ2) is 8.10. The Morgan fingerprint density at radius 3 is 2.41 bits per heavy atom. The van der Waals surface area contributed by atoms with Gasteiger partial charge in [-0.15, -0.1) is 0 Å². The molecule has 27 heavy (non-hydrogen) atoms. The lowest BCUT2D eigenvalue weighted by Gasteiger charge is -2.10. The predicted octanol–water partition coefficient (Wildman–Crippen LogP) is 4.52. The van der Waals surface area contributed by atoms with Gasteiger partial charge in [0.2, 0.25) is 0 Å². The average molecular weight is 382 g/mol. The molecule has 0 fully saturated rings. The minimum atomic E-state index is -0.285. The van der Waals surface area contributed by atoms with Crippen LogP contribution in [0.15, 0.2) is 59.7 Å². The van der Waals surface area contributed by atoms with Gasteiger partial charge in [0, 0.05) is 33.2 Å². The molecular weight excluding hydrogens is 362 g/mol. The van der Waals surface area contributed by atoms with Gasteiger partial charge in [-0.25, -0.2) is 5.43 Å². The molecule has 1 heterocycles. The van der Waals surface area contributed by atoms with Gasteiger partial charge in [-0.1, -0.05) is 11.6 Å². The molecule has 3 aromatic rings. The van der Waals surface area contributed by atoms with Crippen molar-refractivity contribution in [1.29, 1.82) is 0 Å². The number of hydrogen-bond donors (Lipinski definition) is 1. The van der Waals surface area contributed by atoms with E-state index in [0.29, 0.717) is 10.6 Å². The summed E-state index contributed by atoms with van der Waals surface area (Å²) in [4.78, 5) is 12.1. The van der Waals surface area contributed by atoms with E-state index in [4.69, 9.17) is 16.3 Å². The highest BCUT2D eigenvalue weighted by atomic mass is 35.5. The Hall–Kier alpha value is -3.05. The quantitative estimate of drug-likeness (QED) is 0.521. The highest BCUT2D eigenvalue weighted by Crippen LogP contribution is 2.22. The molecule has 0 aliphatic heterocycles. The van der Waals surface area contributed by atoms with Crippen molar-refractivity contribution in [2.75, 3.05) is 7.11 Å². The second-order valence-electron chi connectivity index (χ2n) is 6.07. The number of hydrogen-bond acceptors (Lipinski definition) is 3. The Balaban J connectivity index is 1.76. The van der Waals surface area contributed by atoms with Gasteiger partial charge in [0.25, 0.3) is 5.91 Å². The van der Waals surface area contributed by atoms with Gasteiger partial charge in [0.1, 0.15) is 5.75 Å². The van der Waals surface area contributed by atoms with Crippen molar-refractivity contribution in [2.24, 2.45) is 5.10 Å². The number of amides is 1. The van der Waals surface area contributed by atoms with Crippen LogP contribution in [0.1, 0.15) is 27.3 Å². The number of nitrogens with zero attached hydrogens (tertiary/aromatic N) is 2. The Bertz CT molecular complexity index is 974. The second-order valence-corrected chi connectivity index (χ2v) is 6.50. The van der Waals surface area contributed by atoms with Crippen LogP contribution in [-0.2, 0) is 0 Å². The summed E-state index contributed by atoms with van der Waals surface area (Å²) >= 11 is 5.83. The van der Waals surface area contributed by atoms with E-state index in [-0.39, 0.29) is 5.91 Å². The third-order valence-corrected chi connectivity index (χ3v) is 4.53. The molecule has 1 aromatic heterocycles. The first-order chi connectivity index (χ1) is 13.0. The molecule has 3 rings (SSSR count). The van der Waals surface area contributed by atoms with E-state index in [1.807, 2.05) is 44.2 Å². The summed E-state index contributed by atoms with van der Waals surface area (Å²) in [5.74, 6) is 0.528. The molecule has 1 N–H and O–H groups in total. The monoisotopic (exact) mass is 381 g/mol. The summed E-state index contributed by atoms with van der Waals surface area (Å²) in [5.41, 5.74) is 7.11. The van der Waals surface area contributed by atoms with E-state index in [1.165, 1.54) is 0 Å². The Kier molecular flexibility index (Phi) is 5.62. The molecule has 0 saturated carbocycles. The van der Waals surface area contributed by atoms with Gasteiger partial charge in [-0.05, 0) is 68.4 Å². The molecule has 0 bridgehead atoms. The lowest BCUT2D eigenvalue weighted by atomic mass is 10.2. The molecule has 0 spiro atoms. The minimum absolute atomic E-state index is 0.285. The number of aromatic nitrogens is 1. The van der Waals surface area contributed by atoms with Crippen molar-refractivity contribution in [3.63, 3.8) is 0 Å². The average Bonchev–Trinajstić information content (AvgIpc) is 2.96. The van der Waals surface area contributed by atoms with Crippen LogP contribution in [0, 0.1) is 13.8 Å². The molecule has 138 valence electrons. The maximum atomic E-state index is 12.1. The molecule has 0 aliphatic carbocycles. The van der Waals surface area contributed by atoms with E-state index >= 15 is 0 Å². The maximum Gasteiger partial charge on any atom is 0.271 e. The number of rotatable bonds is 5. The smallest absolute Gasteiger partial charge is 0.271 e.